The Balaban J connectivity index is 1.49. The van der Waals surface area contributed by atoms with Crippen molar-refractivity contribution < 1.29 is 23.8 Å². The molecule has 0 bridgehead atoms. The van der Waals surface area contributed by atoms with Gasteiger partial charge < -0.3 is 14.2 Å². The van der Waals surface area contributed by atoms with Gasteiger partial charge in [-0.1, -0.05) is 44.7 Å². The maximum absolute atomic E-state index is 12.5. The van der Waals surface area contributed by atoms with Crippen molar-refractivity contribution in [3.05, 3.63) is 89.5 Å². The van der Waals surface area contributed by atoms with Crippen LogP contribution in [0.3, 0.4) is 0 Å². The topological polar surface area (TPSA) is 61.8 Å². The van der Waals surface area contributed by atoms with E-state index in [1.807, 2.05) is 19.1 Å². The number of aryl methyl sites for hydroxylation is 1. The molecule has 178 valence electrons. The van der Waals surface area contributed by atoms with Crippen LogP contribution in [0, 0.1) is 0 Å². The van der Waals surface area contributed by atoms with Crippen molar-refractivity contribution in [1.29, 1.82) is 0 Å². The van der Waals surface area contributed by atoms with Crippen LogP contribution in [0.25, 0.3) is 0 Å². The second kappa shape index (κ2) is 13.2. The summed E-state index contributed by atoms with van der Waals surface area (Å²) in [6.45, 7) is 4.67. The normalized spacial score (nSPS) is 10.5. The zero-order valence-corrected chi connectivity index (χ0v) is 19.9. The molecule has 0 aromatic heterocycles. The first-order chi connectivity index (χ1) is 16.6. The molecule has 0 amide bonds. The van der Waals surface area contributed by atoms with Crippen LogP contribution >= 0.6 is 0 Å². The Bertz CT molecular complexity index is 1040. The predicted octanol–water partition coefficient (Wildman–Crippen LogP) is 7.04. The second-order valence-corrected chi connectivity index (χ2v) is 8.07. The molecular formula is C29H32O5. The molecule has 3 aromatic rings. The Morgan fingerprint density at radius 2 is 1.06 bits per heavy atom. The Labute approximate surface area is 201 Å². The van der Waals surface area contributed by atoms with E-state index in [1.54, 1.807) is 60.7 Å². The highest BCUT2D eigenvalue weighted by Gasteiger charge is 2.11. The van der Waals surface area contributed by atoms with Crippen LogP contribution in [0.5, 0.6) is 17.2 Å². The summed E-state index contributed by atoms with van der Waals surface area (Å²) < 4.78 is 16.2. The SMILES string of the molecule is CCCCCCCc1ccc(C(=O)Oc2ccc(OC(=O)c3ccc(OCC)cc3)cc2)cc1. The first-order valence-electron chi connectivity index (χ1n) is 11.9. The highest BCUT2D eigenvalue weighted by Crippen LogP contribution is 2.21. The van der Waals surface area contributed by atoms with Gasteiger partial charge in [0.2, 0.25) is 0 Å². The summed E-state index contributed by atoms with van der Waals surface area (Å²) in [5, 5.41) is 0. The summed E-state index contributed by atoms with van der Waals surface area (Å²) in [5.41, 5.74) is 2.15. The first kappa shape index (κ1) is 25.0. The van der Waals surface area contributed by atoms with Crippen LogP contribution in [0.2, 0.25) is 0 Å². The van der Waals surface area contributed by atoms with Crippen LogP contribution in [0.4, 0.5) is 0 Å². The van der Waals surface area contributed by atoms with Crippen molar-refractivity contribution in [1.82, 2.24) is 0 Å². The van der Waals surface area contributed by atoms with Crippen molar-refractivity contribution in [3.63, 3.8) is 0 Å². The van der Waals surface area contributed by atoms with Crippen molar-refractivity contribution >= 4 is 11.9 Å². The molecule has 5 heteroatoms. The van der Waals surface area contributed by atoms with Gasteiger partial charge in [0.05, 0.1) is 17.7 Å². The van der Waals surface area contributed by atoms with E-state index in [1.165, 1.54) is 37.7 Å². The lowest BCUT2D eigenvalue weighted by Gasteiger charge is -2.08. The van der Waals surface area contributed by atoms with Gasteiger partial charge in [-0.15, -0.1) is 0 Å². The molecule has 0 saturated heterocycles. The van der Waals surface area contributed by atoms with Crippen molar-refractivity contribution in [3.8, 4) is 17.2 Å². The summed E-state index contributed by atoms with van der Waals surface area (Å²) in [5.74, 6) is 0.544. The summed E-state index contributed by atoms with van der Waals surface area (Å²) in [4.78, 5) is 24.8. The quantitative estimate of drug-likeness (QED) is 0.165. The highest BCUT2D eigenvalue weighted by atomic mass is 16.5. The number of esters is 2. The second-order valence-electron chi connectivity index (χ2n) is 8.07. The van der Waals surface area contributed by atoms with Gasteiger partial charge in [0.15, 0.2) is 0 Å². The Hall–Kier alpha value is -3.60. The number of benzene rings is 3. The van der Waals surface area contributed by atoms with Crippen LogP contribution in [-0.4, -0.2) is 18.5 Å². The van der Waals surface area contributed by atoms with Crippen LogP contribution < -0.4 is 14.2 Å². The van der Waals surface area contributed by atoms with E-state index in [2.05, 4.69) is 6.92 Å². The summed E-state index contributed by atoms with van der Waals surface area (Å²) in [6, 6.07) is 20.7. The average molecular weight is 461 g/mol. The molecule has 3 aromatic carbocycles. The molecule has 3 rings (SSSR count). The molecule has 0 saturated carbocycles. The number of hydrogen-bond acceptors (Lipinski definition) is 5. The first-order valence-corrected chi connectivity index (χ1v) is 11.9. The number of hydrogen-bond donors (Lipinski definition) is 0. The average Bonchev–Trinajstić information content (AvgIpc) is 2.86. The van der Waals surface area contributed by atoms with Crippen LogP contribution in [-0.2, 0) is 6.42 Å². The Morgan fingerprint density at radius 3 is 1.56 bits per heavy atom. The lowest BCUT2D eigenvalue weighted by atomic mass is 10.0. The zero-order chi connectivity index (χ0) is 24.2. The summed E-state index contributed by atoms with van der Waals surface area (Å²) in [6.07, 6.45) is 7.24. The van der Waals surface area contributed by atoms with Gasteiger partial charge in [-0.05, 0) is 86.0 Å². The fourth-order valence-corrected chi connectivity index (χ4v) is 3.50. The number of carbonyl (C=O) groups is 2. The molecule has 0 spiro atoms. The van der Waals surface area contributed by atoms with E-state index in [-0.39, 0.29) is 0 Å². The minimum absolute atomic E-state index is 0.363. The van der Waals surface area contributed by atoms with Gasteiger partial charge in [0.25, 0.3) is 0 Å². The van der Waals surface area contributed by atoms with Crippen molar-refractivity contribution in [2.75, 3.05) is 6.61 Å². The molecule has 0 aliphatic rings. The van der Waals surface area contributed by atoms with E-state index in [0.29, 0.717) is 35.0 Å². The van der Waals surface area contributed by atoms with E-state index in [4.69, 9.17) is 14.2 Å². The largest absolute Gasteiger partial charge is 0.494 e. The van der Waals surface area contributed by atoms with E-state index in [9.17, 15) is 9.59 Å². The molecule has 0 atom stereocenters. The monoisotopic (exact) mass is 460 g/mol. The van der Waals surface area contributed by atoms with Crippen LogP contribution in [0.1, 0.15) is 72.2 Å². The van der Waals surface area contributed by atoms with Gasteiger partial charge in [0.1, 0.15) is 17.2 Å². The third-order valence-electron chi connectivity index (χ3n) is 5.40. The maximum Gasteiger partial charge on any atom is 0.343 e. The van der Waals surface area contributed by atoms with E-state index < -0.39 is 11.9 Å². The minimum Gasteiger partial charge on any atom is -0.494 e. The highest BCUT2D eigenvalue weighted by molar-refractivity contribution is 5.92. The van der Waals surface area contributed by atoms with Gasteiger partial charge >= 0.3 is 11.9 Å². The Kier molecular flexibility index (Phi) is 9.71. The number of unbranched alkanes of at least 4 members (excludes halogenated alkanes) is 4. The number of rotatable bonds is 12. The Morgan fingerprint density at radius 1 is 0.588 bits per heavy atom. The molecule has 0 N–H and O–H groups in total. The zero-order valence-electron chi connectivity index (χ0n) is 19.9. The molecule has 0 radical (unpaired) electrons. The molecule has 34 heavy (non-hydrogen) atoms. The third-order valence-corrected chi connectivity index (χ3v) is 5.40. The summed E-state index contributed by atoms with van der Waals surface area (Å²) in [7, 11) is 0. The third kappa shape index (κ3) is 7.77. The van der Waals surface area contributed by atoms with Crippen LogP contribution in [0.15, 0.2) is 72.8 Å². The molecule has 0 unspecified atom stereocenters. The lowest BCUT2D eigenvalue weighted by molar-refractivity contribution is 0.0719. The number of carbonyl (C=O) groups excluding carboxylic acids is 2. The maximum atomic E-state index is 12.5. The van der Waals surface area contributed by atoms with Crippen molar-refractivity contribution in [2.45, 2.75) is 52.4 Å². The van der Waals surface area contributed by atoms with Gasteiger partial charge in [0, 0.05) is 0 Å². The number of ether oxygens (including phenoxy) is 3. The molecule has 0 aliphatic heterocycles. The van der Waals surface area contributed by atoms with Crippen molar-refractivity contribution in [2.24, 2.45) is 0 Å². The predicted molar refractivity (Wildman–Crippen MR) is 133 cm³/mol. The fraction of sp³-hybridized carbons (Fsp3) is 0.310. The van der Waals surface area contributed by atoms with E-state index in [0.717, 1.165) is 6.42 Å². The molecule has 0 fully saturated rings. The molecule has 0 heterocycles. The van der Waals surface area contributed by atoms with E-state index >= 15 is 0 Å². The fourth-order valence-electron chi connectivity index (χ4n) is 3.50. The standard InChI is InChI=1S/C29H32O5/c1-3-5-6-7-8-9-22-10-12-23(13-11-22)28(30)33-26-18-20-27(21-19-26)34-29(31)24-14-16-25(17-15-24)32-4-2/h10-21H,3-9H2,1-2H3. The van der Waals surface area contributed by atoms with Gasteiger partial charge in [-0.2, -0.15) is 0 Å². The summed E-state index contributed by atoms with van der Waals surface area (Å²) >= 11 is 0. The molecule has 0 aliphatic carbocycles. The van der Waals surface area contributed by atoms with Gasteiger partial charge in [-0.25, -0.2) is 9.59 Å². The minimum atomic E-state index is -0.474. The smallest absolute Gasteiger partial charge is 0.343 e. The lowest BCUT2D eigenvalue weighted by Crippen LogP contribution is -2.09. The molecular weight excluding hydrogens is 428 g/mol. The van der Waals surface area contributed by atoms with Gasteiger partial charge in [-0.3, -0.25) is 0 Å². The molecule has 5 nitrogen and oxygen atoms in total.